The highest BCUT2D eigenvalue weighted by Gasteiger charge is 2.30. The molecule has 3 heterocycles. The van der Waals surface area contributed by atoms with E-state index in [2.05, 4.69) is 38.7 Å². The fraction of sp³-hybridized carbons (Fsp3) is 0.421. The van der Waals surface area contributed by atoms with Crippen molar-refractivity contribution in [3.63, 3.8) is 0 Å². The molecule has 4 rings (SSSR count). The number of amides is 1. The summed E-state index contributed by atoms with van der Waals surface area (Å²) in [6.45, 7) is 4.14. The van der Waals surface area contributed by atoms with Gasteiger partial charge in [0.15, 0.2) is 0 Å². The van der Waals surface area contributed by atoms with Gasteiger partial charge in [0.1, 0.15) is 11.5 Å². The zero-order valence-corrected chi connectivity index (χ0v) is 16.6. The van der Waals surface area contributed by atoms with Crippen molar-refractivity contribution in [1.82, 2.24) is 24.2 Å². The molecular weight excluding hydrogens is 394 g/mol. The quantitative estimate of drug-likeness (QED) is 0.656. The number of rotatable bonds is 3. The Morgan fingerprint density at radius 1 is 1.35 bits per heavy atom. The van der Waals surface area contributed by atoms with Crippen molar-refractivity contribution in [3.8, 4) is 0 Å². The lowest BCUT2D eigenvalue weighted by molar-refractivity contribution is 0.0690. The van der Waals surface area contributed by atoms with Gasteiger partial charge in [-0.3, -0.25) is 9.48 Å². The Morgan fingerprint density at radius 2 is 2.15 bits per heavy atom. The van der Waals surface area contributed by atoms with Gasteiger partial charge in [0, 0.05) is 32.6 Å². The molecule has 7 heteroatoms. The minimum Gasteiger partial charge on any atom is -0.337 e. The van der Waals surface area contributed by atoms with E-state index in [1.807, 2.05) is 30.0 Å². The van der Waals surface area contributed by atoms with Gasteiger partial charge in [0.2, 0.25) is 0 Å². The predicted molar refractivity (Wildman–Crippen MR) is 104 cm³/mol. The van der Waals surface area contributed by atoms with Crippen LogP contribution in [0, 0.1) is 0 Å². The number of aryl methyl sites for hydroxylation is 2. The van der Waals surface area contributed by atoms with Crippen molar-refractivity contribution in [2.24, 2.45) is 7.05 Å². The normalized spacial score (nSPS) is 17.8. The lowest BCUT2D eigenvalue weighted by Gasteiger charge is -2.32. The van der Waals surface area contributed by atoms with Gasteiger partial charge in [0.05, 0.1) is 21.7 Å². The van der Waals surface area contributed by atoms with Gasteiger partial charge in [-0.2, -0.15) is 5.10 Å². The molecule has 1 unspecified atom stereocenters. The summed E-state index contributed by atoms with van der Waals surface area (Å²) in [6, 6.07) is 8.18. The van der Waals surface area contributed by atoms with Gasteiger partial charge in [-0.15, -0.1) is 0 Å². The van der Waals surface area contributed by atoms with Crippen LogP contribution in [0.4, 0.5) is 0 Å². The summed E-state index contributed by atoms with van der Waals surface area (Å²) < 4.78 is 4.68. The molecule has 3 aromatic rings. The van der Waals surface area contributed by atoms with E-state index in [0.29, 0.717) is 18.8 Å². The van der Waals surface area contributed by atoms with E-state index < -0.39 is 0 Å². The van der Waals surface area contributed by atoms with Crippen molar-refractivity contribution >= 4 is 32.9 Å². The van der Waals surface area contributed by atoms with Crippen molar-refractivity contribution in [2.45, 2.75) is 32.2 Å². The first-order valence-corrected chi connectivity index (χ1v) is 9.81. The van der Waals surface area contributed by atoms with Crippen LogP contribution in [-0.2, 0) is 13.6 Å². The molecule has 0 aliphatic carbocycles. The van der Waals surface area contributed by atoms with Crippen LogP contribution in [0.3, 0.4) is 0 Å². The molecule has 0 bridgehead atoms. The van der Waals surface area contributed by atoms with Crippen molar-refractivity contribution in [3.05, 3.63) is 46.5 Å². The summed E-state index contributed by atoms with van der Waals surface area (Å²) >= 11 is 3.47. The Morgan fingerprint density at radius 3 is 2.92 bits per heavy atom. The Bertz CT molecular complexity index is 960. The number of imidazole rings is 1. The molecule has 1 aliphatic rings. The summed E-state index contributed by atoms with van der Waals surface area (Å²) in [5, 5.41) is 4.28. The number of hydrogen-bond acceptors (Lipinski definition) is 3. The van der Waals surface area contributed by atoms with Crippen molar-refractivity contribution in [1.29, 1.82) is 0 Å². The number of carbonyl (C=O) groups excluding carboxylic acids is 1. The second-order valence-corrected chi connectivity index (χ2v) is 7.62. The zero-order valence-electron chi connectivity index (χ0n) is 15.0. The third-order valence-corrected chi connectivity index (χ3v) is 5.77. The summed E-state index contributed by atoms with van der Waals surface area (Å²) in [6.07, 6.45) is 3.73. The highest BCUT2D eigenvalue weighted by molar-refractivity contribution is 9.10. The van der Waals surface area contributed by atoms with E-state index in [1.165, 1.54) is 0 Å². The summed E-state index contributed by atoms with van der Waals surface area (Å²) in [4.78, 5) is 19.9. The molecule has 1 fully saturated rings. The molecule has 136 valence electrons. The standard InChI is InChI=1S/C19H22BrN5O/c1-3-25-17(14(20)11-21-25)19(26)24-10-6-7-13(12-24)18-22-15-8-4-5-9-16(15)23(18)2/h4-5,8-9,11,13H,3,6-7,10,12H2,1-2H3. The third kappa shape index (κ3) is 2.84. The highest BCUT2D eigenvalue weighted by Crippen LogP contribution is 2.30. The molecule has 0 N–H and O–H groups in total. The molecule has 1 saturated heterocycles. The molecule has 0 spiro atoms. The van der Waals surface area contributed by atoms with E-state index in [1.54, 1.807) is 10.9 Å². The summed E-state index contributed by atoms with van der Waals surface area (Å²) in [5.74, 6) is 1.35. The molecule has 26 heavy (non-hydrogen) atoms. The van der Waals surface area contributed by atoms with Gasteiger partial charge >= 0.3 is 0 Å². The van der Waals surface area contributed by atoms with Gasteiger partial charge in [-0.05, 0) is 47.8 Å². The maximum atomic E-state index is 13.1. The SMILES string of the molecule is CCn1ncc(Br)c1C(=O)N1CCCC(c2nc3ccccc3n2C)C1. The van der Waals surface area contributed by atoms with E-state index in [9.17, 15) is 4.79 Å². The molecule has 1 aromatic carbocycles. The molecule has 0 saturated carbocycles. The van der Waals surface area contributed by atoms with E-state index in [0.717, 1.165) is 40.7 Å². The molecular formula is C19H22BrN5O. The Hall–Kier alpha value is -2.15. The number of piperidine rings is 1. The van der Waals surface area contributed by atoms with Crippen LogP contribution in [0.25, 0.3) is 11.0 Å². The zero-order chi connectivity index (χ0) is 18.3. The van der Waals surface area contributed by atoms with Crippen molar-refractivity contribution in [2.75, 3.05) is 13.1 Å². The summed E-state index contributed by atoms with van der Waals surface area (Å²) in [7, 11) is 2.06. The van der Waals surface area contributed by atoms with Gasteiger partial charge in [-0.25, -0.2) is 4.98 Å². The number of nitrogens with zero attached hydrogens (tertiary/aromatic N) is 5. The maximum Gasteiger partial charge on any atom is 0.273 e. The van der Waals surface area contributed by atoms with Crippen LogP contribution >= 0.6 is 15.9 Å². The summed E-state index contributed by atoms with van der Waals surface area (Å²) in [5.41, 5.74) is 2.79. The largest absolute Gasteiger partial charge is 0.337 e. The number of likely N-dealkylation sites (tertiary alicyclic amines) is 1. The van der Waals surface area contributed by atoms with Crippen LogP contribution in [0.5, 0.6) is 0 Å². The second-order valence-electron chi connectivity index (χ2n) is 6.76. The van der Waals surface area contributed by atoms with Crippen LogP contribution in [0.2, 0.25) is 0 Å². The second kappa shape index (κ2) is 6.87. The topological polar surface area (TPSA) is 56.0 Å². The third-order valence-electron chi connectivity index (χ3n) is 5.19. The lowest BCUT2D eigenvalue weighted by atomic mass is 9.97. The van der Waals surface area contributed by atoms with Gasteiger partial charge in [-0.1, -0.05) is 12.1 Å². The Balaban J connectivity index is 1.62. The van der Waals surface area contributed by atoms with Gasteiger partial charge < -0.3 is 9.47 Å². The number of aromatic nitrogens is 4. The smallest absolute Gasteiger partial charge is 0.273 e. The number of halogens is 1. The first-order valence-electron chi connectivity index (χ1n) is 9.02. The first-order chi connectivity index (χ1) is 12.6. The van der Waals surface area contributed by atoms with Crippen LogP contribution in [-0.4, -0.2) is 43.2 Å². The predicted octanol–water partition coefficient (Wildman–Crippen LogP) is 3.57. The fourth-order valence-electron chi connectivity index (χ4n) is 3.87. The van der Waals surface area contributed by atoms with E-state index in [4.69, 9.17) is 4.98 Å². The van der Waals surface area contributed by atoms with Crippen LogP contribution in [0.1, 0.15) is 42.0 Å². The minimum atomic E-state index is 0.0414. The number of para-hydroxylation sites is 2. The lowest BCUT2D eigenvalue weighted by Crippen LogP contribution is -2.40. The molecule has 0 radical (unpaired) electrons. The average Bonchev–Trinajstić information content (AvgIpc) is 3.21. The number of hydrogen-bond donors (Lipinski definition) is 0. The molecule has 1 aliphatic heterocycles. The molecule has 1 atom stereocenters. The number of carbonyl (C=O) groups is 1. The van der Waals surface area contributed by atoms with E-state index >= 15 is 0 Å². The van der Waals surface area contributed by atoms with Gasteiger partial charge in [0.25, 0.3) is 5.91 Å². The number of benzene rings is 1. The fourth-order valence-corrected chi connectivity index (χ4v) is 4.33. The first kappa shape index (κ1) is 17.3. The maximum absolute atomic E-state index is 13.1. The van der Waals surface area contributed by atoms with E-state index in [-0.39, 0.29) is 11.8 Å². The minimum absolute atomic E-state index is 0.0414. The Kier molecular flexibility index (Phi) is 4.56. The van der Waals surface area contributed by atoms with Crippen molar-refractivity contribution < 1.29 is 4.79 Å². The molecule has 1 amide bonds. The molecule has 2 aromatic heterocycles. The van der Waals surface area contributed by atoms with Crippen LogP contribution < -0.4 is 0 Å². The Labute approximate surface area is 160 Å². The highest BCUT2D eigenvalue weighted by atomic mass is 79.9. The van der Waals surface area contributed by atoms with Crippen LogP contribution in [0.15, 0.2) is 34.9 Å². The average molecular weight is 416 g/mol. The molecule has 6 nitrogen and oxygen atoms in total. The number of fused-ring (bicyclic) bond motifs is 1. The monoisotopic (exact) mass is 415 g/mol.